The van der Waals surface area contributed by atoms with Crippen molar-refractivity contribution in [2.75, 3.05) is 7.11 Å². The summed E-state index contributed by atoms with van der Waals surface area (Å²) in [6.07, 6.45) is 2.55. The molecule has 0 radical (unpaired) electrons. The van der Waals surface area contributed by atoms with Crippen LogP contribution in [0.2, 0.25) is 0 Å². The van der Waals surface area contributed by atoms with Crippen molar-refractivity contribution in [1.29, 1.82) is 0 Å². The lowest BCUT2D eigenvalue weighted by Gasteiger charge is -2.00. The molecule has 1 aromatic rings. The van der Waals surface area contributed by atoms with Gasteiger partial charge in [0.1, 0.15) is 11.9 Å². The molecule has 1 N–H and O–H groups in total. The van der Waals surface area contributed by atoms with Gasteiger partial charge in [-0.15, -0.1) is 0 Å². The van der Waals surface area contributed by atoms with Crippen LogP contribution in [0, 0.1) is 0 Å². The van der Waals surface area contributed by atoms with Gasteiger partial charge in [-0.25, -0.2) is 14.8 Å². The maximum Gasteiger partial charge on any atom is 0.339 e. The molecule has 1 rings (SSSR count). The van der Waals surface area contributed by atoms with E-state index < -0.39 is 5.97 Å². The molecule has 12 heavy (non-hydrogen) atoms. The smallest absolute Gasteiger partial charge is 0.339 e. The van der Waals surface area contributed by atoms with Gasteiger partial charge in [0.15, 0.2) is 0 Å². The fraction of sp³-hybridized carbons (Fsp3) is 0.286. The summed E-state index contributed by atoms with van der Waals surface area (Å²) >= 11 is 0. The minimum absolute atomic E-state index is 0.0827. The molecule has 5 nitrogen and oxygen atoms in total. The number of carboxylic acid groups (broad SMARTS) is 1. The maximum atomic E-state index is 10.6. The number of hydrogen-bond donors (Lipinski definition) is 1. The molecule has 0 bridgehead atoms. The second-order valence-electron chi connectivity index (χ2n) is 2.12. The zero-order chi connectivity index (χ0) is 8.97. The molecule has 0 spiro atoms. The van der Waals surface area contributed by atoms with Crippen LogP contribution in [0.1, 0.15) is 16.1 Å². The fourth-order valence-corrected chi connectivity index (χ4v) is 0.785. The van der Waals surface area contributed by atoms with Gasteiger partial charge in [0.05, 0.1) is 12.3 Å². The number of methoxy groups -OCH3 is 1. The molecule has 0 atom stereocenters. The molecular weight excluding hydrogens is 160 g/mol. The van der Waals surface area contributed by atoms with E-state index >= 15 is 0 Å². The second kappa shape index (κ2) is 3.77. The first-order valence-electron chi connectivity index (χ1n) is 3.27. The van der Waals surface area contributed by atoms with Gasteiger partial charge in [-0.1, -0.05) is 0 Å². The number of nitrogens with zero attached hydrogens (tertiary/aromatic N) is 2. The molecule has 0 fully saturated rings. The number of aromatic nitrogens is 2. The molecule has 1 aromatic heterocycles. The highest BCUT2D eigenvalue weighted by Gasteiger charge is 2.09. The molecule has 0 aliphatic rings. The van der Waals surface area contributed by atoms with Crippen molar-refractivity contribution in [3.8, 4) is 0 Å². The normalized spacial score (nSPS) is 9.75. The molecule has 0 amide bonds. The number of hydrogen-bond acceptors (Lipinski definition) is 4. The Morgan fingerprint density at radius 2 is 2.50 bits per heavy atom. The van der Waals surface area contributed by atoms with Crippen LogP contribution in [-0.2, 0) is 11.3 Å². The van der Waals surface area contributed by atoms with Crippen LogP contribution in [0.4, 0.5) is 0 Å². The summed E-state index contributed by atoms with van der Waals surface area (Å²) < 4.78 is 4.77. The predicted octanol–water partition coefficient (Wildman–Crippen LogP) is 0.321. The standard InChI is InChI=1S/C7H8N2O3/c1-12-3-6-5(7(10)11)2-8-4-9-6/h2,4H,3H2,1H3,(H,10,11). The molecule has 0 aliphatic heterocycles. The molecule has 0 unspecified atom stereocenters. The van der Waals surface area contributed by atoms with Gasteiger partial charge in [-0.05, 0) is 0 Å². The van der Waals surface area contributed by atoms with Crippen LogP contribution < -0.4 is 0 Å². The topological polar surface area (TPSA) is 72.3 Å². The molecule has 0 saturated carbocycles. The van der Waals surface area contributed by atoms with Crippen LogP contribution in [0.15, 0.2) is 12.5 Å². The number of carboxylic acids is 1. The van der Waals surface area contributed by atoms with E-state index in [9.17, 15) is 4.79 Å². The number of aromatic carboxylic acids is 1. The fourth-order valence-electron chi connectivity index (χ4n) is 0.785. The van der Waals surface area contributed by atoms with Gasteiger partial charge in [0, 0.05) is 13.3 Å². The van der Waals surface area contributed by atoms with E-state index in [4.69, 9.17) is 9.84 Å². The molecular formula is C7H8N2O3. The Morgan fingerprint density at radius 1 is 1.75 bits per heavy atom. The zero-order valence-corrected chi connectivity index (χ0v) is 6.52. The van der Waals surface area contributed by atoms with E-state index in [1.54, 1.807) is 0 Å². The summed E-state index contributed by atoms with van der Waals surface area (Å²) in [5.74, 6) is -1.04. The minimum Gasteiger partial charge on any atom is -0.478 e. The third kappa shape index (κ3) is 1.76. The SMILES string of the molecule is COCc1ncncc1C(=O)O. The van der Waals surface area contributed by atoms with Crippen molar-refractivity contribution in [3.05, 3.63) is 23.8 Å². The lowest BCUT2D eigenvalue weighted by atomic mass is 10.2. The van der Waals surface area contributed by atoms with Crippen LogP contribution >= 0.6 is 0 Å². The van der Waals surface area contributed by atoms with Crippen LogP contribution in [-0.4, -0.2) is 28.2 Å². The Balaban J connectivity index is 3.00. The van der Waals surface area contributed by atoms with Crippen molar-refractivity contribution in [2.45, 2.75) is 6.61 Å². The predicted molar refractivity (Wildman–Crippen MR) is 39.7 cm³/mol. The summed E-state index contributed by atoms with van der Waals surface area (Å²) in [5, 5.41) is 8.66. The minimum atomic E-state index is -1.04. The van der Waals surface area contributed by atoms with Crippen molar-refractivity contribution < 1.29 is 14.6 Å². The highest BCUT2D eigenvalue weighted by molar-refractivity contribution is 5.88. The molecule has 1 heterocycles. The van der Waals surface area contributed by atoms with E-state index in [1.807, 2.05) is 0 Å². The van der Waals surface area contributed by atoms with Crippen molar-refractivity contribution in [1.82, 2.24) is 9.97 Å². The van der Waals surface area contributed by atoms with E-state index in [2.05, 4.69) is 9.97 Å². The highest BCUT2D eigenvalue weighted by atomic mass is 16.5. The van der Waals surface area contributed by atoms with Crippen LogP contribution in [0.5, 0.6) is 0 Å². The highest BCUT2D eigenvalue weighted by Crippen LogP contribution is 2.03. The summed E-state index contributed by atoms with van der Waals surface area (Å²) in [5.41, 5.74) is 0.472. The van der Waals surface area contributed by atoms with Crippen molar-refractivity contribution in [3.63, 3.8) is 0 Å². The van der Waals surface area contributed by atoms with E-state index in [0.717, 1.165) is 0 Å². The van der Waals surface area contributed by atoms with Gasteiger partial charge in [0.2, 0.25) is 0 Å². The number of carbonyl (C=O) groups is 1. The van der Waals surface area contributed by atoms with Gasteiger partial charge < -0.3 is 9.84 Å². The van der Waals surface area contributed by atoms with Gasteiger partial charge >= 0.3 is 5.97 Å². The molecule has 0 aliphatic carbocycles. The largest absolute Gasteiger partial charge is 0.478 e. The molecule has 64 valence electrons. The zero-order valence-electron chi connectivity index (χ0n) is 6.52. The Bertz CT molecular complexity index is 288. The van der Waals surface area contributed by atoms with Gasteiger partial charge in [-0.2, -0.15) is 0 Å². The Morgan fingerprint density at radius 3 is 3.08 bits per heavy atom. The van der Waals surface area contributed by atoms with Crippen molar-refractivity contribution in [2.24, 2.45) is 0 Å². The van der Waals surface area contributed by atoms with Crippen molar-refractivity contribution >= 4 is 5.97 Å². The first-order valence-corrected chi connectivity index (χ1v) is 3.27. The summed E-state index contributed by atoms with van der Waals surface area (Å²) in [7, 11) is 1.48. The lowest BCUT2D eigenvalue weighted by Crippen LogP contribution is -2.06. The van der Waals surface area contributed by atoms with E-state index in [0.29, 0.717) is 5.69 Å². The average Bonchev–Trinajstić information content (AvgIpc) is 2.05. The quantitative estimate of drug-likeness (QED) is 0.703. The first kappa shape index (κ1) is 8.61. The molecule has 0 aromatic carbocycles. The molecule has 5 heteroatoms. The second-order valence-corrected chi connectivity index (χ2v) is 2.12. The Kier molecular flexibility index (Phi) is 2.71. The van der Waals surface area contributed by atoms with Gasteiger partial charge in [0.25, 0.3) is 0 Å². The lowest BCUT2D eigenvalue weighted by molar-refractivity contribution is 0.0690. The molecule has 0 saturated heterocycles. The summed E-state index contributed by atoms with van der Waals surface area (Å²) in [4.78, 5) is 17.9. The van der Waals surface area contributed by atoms with Crippen LogP contribution in [0.25, 0.3) is 0 Å². The van der Waals surface area contributed by atoms with E-state index in [-0.39, 0.29) is 12.2 Å². The third-order valence-electron chi connectivity index (χ3n) is 1.31. The number of rotatable bonds is 3. The van der Waals surface area contributed by atoms with E-state index in [1.165, 1.54) is 19.6 Å². The Labute approximate surface area is 69.0 Å². The first-order chi connectivity index (χ1) is 5.75. The maximum absolute atomic E-state index is 10.6. The summed E-state index contributed by atoms with van der Waals surface area (Å²) in [6.45, 7) is 0.185. The average molecular weight is 168 g/mol. The van der Waals surface area contributed by atoms with Gasteiger partial charge in [-0.3, -0.25) is 0 Å². The van der Waals surface area contributed by atoms with Crippen LogP contribution in [0.3, 0.4) is 0 Å². The summed E-state index contributed by atoms with van der Waals surface area (Å²) in [6, 6.07) is 0. The number of ether oxygens (including phenoxy) is 1. The Hall–Kier alpha value is -1.49. The third-order valence-corrected chi connectivity index (χ3v) is 1.31. The monoisotopic (exact) mass is 168 g/mol.